The second-order valence-electron chi connectivity index (χ2n) is 7.25. The lowest BCUT2D eigenvalue weighted by molar-refractivity contribution is -0.134. The molecule has 0 aliphatic carbocycles. The Morgan fingerprint density at radius 2 is 1.81 bits per heavy atom. The van der Waals surface area contributed by atoms with Crippen LogP contribution < -0.4 is 14.8 Å². The maximum Gasteiger partial charge on any atom is 0.328 e. The first-order valence-electron chi connectivity index (χ1n) is 10.6. The minimum atomic E-state index is -1.26. The topological polar surface area (TPSA) is 118 Å². The van der Waals surface area contributed by atoms with Crippen molar-refractivity contribution in [1.82, 2.24) is 10.3 Å². The molecule has 172 valence electrons. The maximum absolute atomic E-state index is 9.55. The van der Waals surface area contributed by atoms with Crippen molar-refractivity contribution in [2.24, 2.45) is 5.92 Å². The number of piperidine rings is 1. The maximum atomic E-state index is 9.55. The first-order valence-corrected chi connectivity index (χ1v) is 10.6. The van der Waals surface area contributed by atoms with Gasteiger partial charge in [-0.3, -0.25) is 0 Å². The fourth-order valence-electron chi connectivity index (χ4n) is 3.37. The lowest BCUT2D eigenvalue weighted by atomic mass is 9.81. The van der Waals surface area contributed by atoms with Gasteiger partial charge in [0.2, 0.25) is 0 Å². The molecule has 1 fully saturated rings. The van der Waals surface area contributed by atoms with Crippen LogP contribution >= 0.6 is 0 Å². The Kier molecular flexibility index (Phi) is 10.7. The highest BCUT2D eigenvalue weighted by atomic mass is 16.5. The number of rotatable bonds is 9. The Balaban J connectivity index is 0.000000390. The fraction of sp³-hybridized carbons (Fsp3) is 0.375. The van der Waals surface area contributed by atoms with E-state index in [0.29, 0.717) is 43.1 Å². The molecule has 3 rings (SSSR count). The van der Waals surface area contributed by atoms with Gasteiger partial charge in [0.25, 0.3) is 5.88 Å². The summed E-state index contributed by atoms with van der Waals surface area (Å²) < 4.78 is 11.8. The lowest BCUT2D eigenvalue weighted by Gasteiger charge is -2.32. The zero-order valence-electron chi connectivity index (χ0n) is 18.1. The van der Waals surface area contributed by atoms with Gasteiger partial charge in [-0.1, -0.05) is 37.3 Å². The van der Waals surface area contributed by atoms with E-state index in [1.165, 1.54) is 5.56 Å². The van der Waals surface area contributed by atoms with Crippen molar-refractivity contribution in [2.75, 3.05) is 26.3 Å². The molecule has 8 heteroatoms. The molecule has 0 unspecified atom stereocenters. The van der Waals surface area contributed by atoms with Crippen molar-refractivity contribution in [2.45, 2.75) is 25.7 Å². The predicted molar refractivity (Wildman–Crippen MR) is 120 cm³/mol. The second-order valence-corrected chi connectivity index (χ2v) is 7.25. The summed E-state index contributed by atoms with van der Waals surface area (Å²) in [5.41, 5.74) is 1.40. The SMILES string of the molecule is CCCOc1ncccc1OC[C@H]1CNCC[C@@H]1c1ccccc1.O=C(O)/C=C/C(=O)O. The van der Waals surface area contributed by atoms with Gasteiger partial charge in [0.05, 0.1) is 13.2 Å². The van der Waals surface area contributed by atoms with Gasteiger partial charge in [-0.2, -0.15) is 0 Å². The van der Waals surface area contributed by atoms with Crippen LogP contribution in [0, 0.1) is 5.92 Å². The molecule has 32 heavy (non-hydrogen) atoms. The van der Waals surface area contributed by atoms with Crippen LogP contribution in [0.1, 0.15) is 31.2 Å². The highest BCUT2D eigenvalue weighted by molar-refractivity contribution is 5.89. The highest BCUT2D eigenvalue weighted by Gasteiger charge is 2.27. The average Bonchev–Trinajstić information content (AvgIpc) is 2.82. The van der Waals surface area contributed by atoms with Gasteiger partial charge >= 0.3 is 11.9 Å². The van der Waals surface area contributed by atoms with E-state index >= 15 is 0 Å². The van der Waals surface area contributed by atoms with Crippen molar-refractivity contribution < 1.29 is 29.3 Å². The molecule has 0 spiro atoms. The largest absolute Gasteiger partial charge is 0.488 e. The zero-order chi connectivity index (χ0) is 23.2. The summed E-state index contributed by atoms with van der Waals surface area (Å²) in [5.74, 6) is -0.202. The van der Waals surface area contributed by atoms with Crippen LogP contribution in [0.2, 0.25) is 0 Å². The van der Waals surface area contributed by atoms with Crippen molar-refractivity contribution in [3.8, 4) is 11.6 Å². The zero-order valence-corrected chi connectivity index (χ0v) is 18.1. The lowest BCUT2D eigenvalue weighted by Crippen LogP contribution is -2.38. The summed E-state index contributed by atoms with van der Waals surface area (Å²) in [7, 11) is 0. The summed E-state index contributed by atoms with van der Waals surface area (Å²) in [6.07, 6.45) is 4.96. The summed E-state index contributed by atoms with van der Waals surface area (Å²) in [4.78, 5) is 23.4. The van der Waals surface area contributed by atoms with E-state index in [1.807, 2.05) is 12.1 Å². The number of ether oxygens (including phenoxy) is 2. The summed E-state index contributed by atoms with van der Waals surface area (Å²) in [6.45, 7) is 5.45. The first-order chi connectivity index (χ1) is 15.5. The van der Waals surface area contributed by atoms with Crippen molar-refractivity contribution in [3.63, 3.8) is 0 Å². The summed E-state index contributed by atoms with van der Waals surface area (Å²) >= 11 is 0. The molecule has 2 atom stereocenters. The van der Waals surface area contributed by atoms with E-state index in [2.05, 4.69) is 47.6 Å². The third-order valence-electron chi connectivity index (χ3n) is 4.84. The number of hydrogen-bond donors (Lipinski definition) is 3. The Morgan fingerprint density at radius 1 is 1.09 bits per heavy atom. The van der Waals surface area contributed by atoms with Gasteiger partial charge in [-0.25, -0.2) is 14.6 Å². The molecule has 1 aliphatic heterocycles. The fourth-order valence-corrected chi connectivity index (χ4v) is 3.37. The number of carboxylic acid groups (broad SMARTS) is 2. The number of nitrogens with one attached hydrogen (secondary N) is 1. The molecule has 2 heterocycles. The predicted octanol–water partition coefficient (Wildman–Crippen LogP) is 3.35. The summed E-state index contributed by atoms with van der Waals surface area (Å²) in [5, 5.41) is 19.1. The number of carbonyl (C=O) groups is 2. The molecule has 0 amide bonds. The number of nitrogens with zero attached hydrogens (tertiary/aromatic N) is 1. The van der Waals surface area contributed by atoms with Crippen molar-refractivity contribution >= 4 is 11.9 Å². The number of aromatic nitrogens is 1. The van der Waals surface area contributed by atoms with Gasteiger partial charge < -0.3 is 25.0 Å². The Labute approximate surface area is 187 Å². The van der Waals surface area contributed by atoms with E-state index in [-0.39, 0.29) is 0 Å². The van der Waals surface area contributed by atoms with Crippen LogP contribution in [-0.2, 0) is 9.59 Å². The molecule has 1 aromatic carbocycles. The molecule has 0 bridgehead atoms. The summed E-state index contributed by atoms with van der Waals surface area (Å²) in [6, 6.07) is 14.6. The van der Waals surface area contributed by atoms with Crippen LogP contribution in [0.15, 0.2) is 60.8 Å². The van der Waals surface area contributed by atoms with Crippen LogP contribution in [0.25, 0.3) is 0 Å². The number of carboxylic acids is 2. The van der Waals surface area contributed by atoms with Gasteiger partial charge in [0, 0.05) is 30.8 Å². The first kappa shape index (κ1) is 24.9. The smallest absolute Gasteiger partial charge is 0.328 e. The Hall–Kier alpha value is -3.39. The van der Waals surface area contributed by atoms with Crippen LogP contribution in [0.4, 0.5) is 0 Å². The van der Waals surface area contributed by atoms with Crippen molar-refractivity contribution in [3.05, 3.63) is 66.4 Å². The Bertz CT molecular complexity index is 856. The van der Waals surface area contributed by atoms with Crippen molar-refractivity contribution in [1.29, 1.82) is 0 Å². The molecule has 8 nitrogen and oxygen atoms in total. The van der Waals surface area contributed by atoms with Gasteiger partial charge in [-0.15, -0.1) is 0 Å². The molecule has 2 aromatic rings. The van der Waals surface area contributed by atoms with E-state index in [1.54, 1.807) is 6.20 Å². The number of aliphatic carboxylic acids is 2. The van der Waals surface area contributed by atoms with E-state index < -0.39 is 11.9 Å². The highest BCUT2D eigenvalue weighted by Crippen LogP contribution is 2.32. The number of hydrogen-bond acceptors (Lipinski definition) is 6. The normalized spacial score (nSPS) is 17.8. The van der Waals surface area contributed by atoms with E-state index in [4.69, 9.17) is 19.7 Å². The molecule has 1 aromatic heterocycles. The monoisotopic (exact) mass is 442 g/mol. The molecule has 3 N–H and O–H groups in total. The molecule has 0 radical (unpaired) electrons. The van der Waals surface area contributed by atoms with E-state index in [9.17, 15) is 9.59 Å². The third-order valence-corrected chi connectivity index (χ3v) is 4.84. The van der Waals surface area contributed by atoms with Gasteiger partial charge in [-0.05, 0) is 43.0 Å². The van der Waals surface area contributed by atoms with Crippen LogP contribution in [-0.4, -0.2) is 53.4 Å². The minimum absolute atomic E-state index is 0.445. The molecular formula is C24H30N2O6. The minimum Gasteiger partial charge on any atom is -0.488 e. The van der Waals surface area contributed by atoms with Crippen LogP contribution in [0.5, 0.6) is 11.6 Å². The molecule has 1 aliphatic rings. The average molecular weight is 443 g/mol. The number of pyridine rings is 1. The Morgan fingerprint density at radius 3 is 2.47 bits per heavy atom. The second kappa shape index (κ2) is 13.8. The quantitative estimate of drug-likeness (QED) is 0.506. The molecule has 0 saturated carbocycles. The van der Waals surface area contributed by atoms with Gasteiger partial charge in [0.15, 0.2) is 5.75 Å². The third kappa shape index (κ3) is 8.77. The van der Waals surface area contributed by atoms with E-state index in [0.717, 1.165) is 31.7 Å². The van der Waals surface area contributed by atoms with Gasteiger partial charge in [0.1, 0.15) is 0 Å². The molecule has 1 saturated heterocycles. The molecular weight excluding hydrogens is 412 g/mol. The van der Waals surface area contributed by atoms with Crippen LogP contribution in [0.3, 0.4) is 0 Å². The standard InChI is InChI=1S/C20H26N2O2.C4H4O4/c1-2-13-23-20-19(9-6-11-22-20)24-15-17-14-21-12-10-18(17)16-7-4-3-5-8-16;5-3(6)1-2-4(7)8/h3-9,11,17-18,21H,2,10,12-15H2,1H3;1-2H,(H,5,6)(H,7,8)/b;2-1+/t17-,18-;/m1./s1. The number of benzene rings is 1.